The van der Waals surface area contributed by atoms with Gasteiger partial charge in [0.1, 0.15) is 6.54 Å². The molecule has 0 aromatic carbocycles. The molecule has 1 aromatic heterocycles. The average molecular weight is 180 g/mol. The zero-order chi connectivity index (χ0) is 9.10. The molecule has 5 nitrogen and oxygen atoms in total. The summed E-state index contributed by atoms with van der Waals surface area (Å²) in [6.45, 7) is 2.07. The van der Waals surface area contributed by atoms with Crippen LogP contribution in [0.5, 0.6) is 0 Å². The average Bonchev–Trinajstić information content (AvgIpc) is 2.49. The van der Waals surface area contributed by atoms with Gasteiger partial charge in [-0.05, 0) is 6.07 Å². The van der Waals surface area contributed by atoms with Crippen molar-refractivity contribution in [1.82, 2.24) is 20.4 Å². The van der Waals surface area contributed by atoms with E-state index in [2.05, 4.69) is 15.7 Å². The second-order valence-corrected chi connectivity index (χ2v) is 3.13. The van der Waals surface area contributed by atoms with Gasteiger partial charge in [0.15, 0.2) is 0 Å². The quantitative estimate of drug-likeness (QED) is 0.625. The topological polar surface area (TPSA) is 59.0 Å². The van der Waals surface area contributed by atoms with Crippen LogP contribution in [-0.2, 0) is 11.3 Å². The van der Waals surface area contributed by atoms with E-state index < -0.39 is 0 Å². The molecule has 0 atom stereocenters. The molecule has 5 heteroatoms. The van der Waals surface area contributed by atoms with E-state index in [1.54, 1.807) is 23.1 Å². The van der Waals surface area contributed by atoms with Gasteiger partial charge in [-0.25, -0.2) is 0 Å². The molecule has 1 amide bonds. The fraction of sp³-hybridized carbons (Fsp3) is 0.500. The Morgan fingerprint density at radius 3 is 3.08 bits per heavy atom. The van der Waals surface area contributed by atoms with E-state index in [9.17, 15) is 4.79 Å². The molecule has 1 saturated heterocycles. The zero-order valence-corrected chi connectivity index (χ0v) is 7.23. The van der Waals surface area contributed by atoms with E-state index >= 15 is 0 Å². The number of aromatic nitrogens is 2. The number of amides is 1. The van der Waals surface area contributed by atoms with Crippen LogP contribution >= 0.6 is 0 Å². The van der Waals surface area contributed by atoms with Crippen LogP contribution in [0.4, 0.5) is 0 Å². The van der Waals surface area contributed by atoms with Crippen molar-refractivity contribution in [3.8, 4) is 0 Å². The molecule has 1 fully saturated rings. The van der Waals surface area contributed by atoms with E-state index in [0.29, 0.717) is 12.6 Å². The van der Waals surface area contributed by atoms with Gasteiger partial charge < -0.3 is 10.6 Å². The van der Waals surface area contributed by atoms with Gasteiger partial charge in [-0.15, -0.1) is 0 Å². The number of carbonyl (C=O) groups excluding carboxylic acids is 1. The standard InChI is InChI=1S/C8H12N4O/c13-8(11-7-4-9-5-7)6-12-3-1-2-10-12/h1-3,7,9H,4-6H2,(H,11,13). The Bertz CT molecular complexity index is 278. The molecule has 0 aliphatic carbocycles. The molecule has 0 bridgehead atoms. The molecule has 1 aromatic rings. The van der Waals surface area contributed by atoms with Crippen LogP contribution in [0.2, 0.25) is 0 Å². The van der Waals surface area contributed by atoms with Gasteiger partial charge in [-0.1, -0.05) is 0 Å². The van der Waals surface area contributed by atoms with Crippen molar-refractivity contribution in [3.05, 3.63) is 18.5 Å². The van der Waals surface area contributed by atoms with Crippen molar-refractivity contribution in [1.29, 1.82) is 0 Å². The van der Waals surface area contributed by atoms with Crippen molar-refractivity contribution in [3.63, 3.8) is 0 Å². The molecular formula is C8H12N4O. The summed E-state index contributed by atoms with van der Waals surface area (Å²) in [5.41, 5.74) is 0. The largest absolute Gasteiger partial charge is 0.349 e. The minimum Gasteiger partial charge on any atom is -0.349 e. The minimum absolute atomic E-state index is 0.0233. The smallest absolute Gasteiger partial charge is 0.242 e. The number of carbonyl (C=O) groups is 1. The first kappa shape index (κ1) is 8.25. The highest BCUT2D eigenvalue weighted by atomic mass is 16.2. The Labute approximate surface area is 76.1 Å². The highest BCUT2D eigenvalue weighted by molar-refractivity contribution is 5.76. The fourth-order valence-corrected chi connectivity index (χ4v) is 1.21. The fourth-order valence-electron chi connectivity index (χ4n) is 1.21. The van der Waals surface area contributed by atoms with Gasteiger partial charge >= 0.3 is 0 Å². The summed E-state index contributed by atoms with van der Waals surface area (Å²) in [6.07, 6.45) is 3.44. The Kier molecular flexibility index (Phi) is 2.27. The van der Waals surface area contributed by atoms with Gasteiger partial charge in [0.2, 0.25) is 5.91 Å². The van der Waals surface area contributed by atoms with Gasteiger partial charge in [0.05, 0.1) is 6.04 Å². The highest BCUT2D eigenvalue weighted by Crippen LogP contribution is 1.91. The maximum absolute atomic E-state index is 11.3. The number of rotatable bonds is 3. The van der Waals surface area contributed by atoms with Crippen LogP contribution in [-0.4, -0.2) is 34.8 Å². The Hall–Kier alpha value is -1.36. The summed E-state index contributed by atoms with van der Waals surface area (Å²) in [4.78, 5) is 11.3. The summed E-state index contributed by atoms with van der Waals surface area (Å²) in [6, 6.07) is 2.11. The van der Waals surface area contributed by atoms with Crippen LogP contribution in [0, 0.1) is 0 Å². The van der Waals surface area contributed by atoms with Crippen LogP contribution in [0.3, 0.4) is 0 Å². The van der Waals surface area contributed by atoms with E-state index in [1.807, 2.05) is 0 Å². The maximum Gasteiger partial charge on any atom is 0.242 e. The molecular weight excluding hydrogens is 168 g/mol. The first-order valence-electron chi connectivity index (χ1n) is 4.32. The van der Waals surface area contributed by atoms with E-state index in [1.165, 1.54) is 0 Å². The van der Waals surface area contributed by atoms with Crippen molar-refractivity contribution in [2.75, 3.05) is 13.1 Å². The Morgan fingerprint density at radius 2 is 2.54 bits per heavy atom. The van der Waals surface area contributed by atoms with Gasteiger partial charge in [-0.2, -0.15) is 5.10 Å². The molecule has 70 valence electrons. The van der Waals surface area contributed by atoms with Crippen molar-refractivity contribution in [2.24, 2.45) is 0 Å². The third kappa shape index (κ3) is 2.06. The first-order valence-corrected chi connectivity index (χ1v) is 4.32. The summed E-state index contributed by atoms with van der Waals surface area (Å²) in [7, 11) is 0. The molecule has 2 N–H and O–H groups in total. The Balaban J connectivity index is 1.78. The van der Waals surface area contributed by atoms with Gasteiger partial charge in [-0.3, -0.25) is 9.48 Å². The Morgan fingerprint density at radius 1 is 1.69 bits per heavy atom. The molecule has 0 unspecified atom stereocenters. The van der Waals surface area contributed by atoms with Crippen LogP contribution < -0.4 is 10.6 Å². The molecule has 2 heterocycles. The van der Waals surface area contributed by atoms with Crippen molar-refractivity contribution < 1.29 is 4.79 Å². The van der Waals surface area contributed by atoms with Crippen LogP contribution in [0.25, 0.3) is 0 Å². The number of nitrogens with zero attached hydrogens (tertiary/aromatic N) is 2. The SMILES string of the molecule is O=C(Cn1cccn1)NC1CNC1. The number of nitrogens with one attached hydrogen (secondary N) is 2. The lowest BCUT2D eigenvalue weighted by molar-refractivity contribution is -0.122. The highest BCUT2D eigenvalue weighted by Gasteiger charge is 2.18. The van der Waals surface area contributed by atoms with Gasteiger partial charge in [0, 0.05) is 25.5 Å². The molecule has 0 saturated carbocycles. The van der Waals surface area contributed by atoms with E-state index in [0.717, 1.165) is 13.1 Å². The third-order valence-electron chi connectivity index (χ3n) is 2.01. The predicted octanol–water partition coefficient (Wildman–Crippen LogP) is -1.03. The summed E-state index contributed by atoms with van der Waals surface area (Å²) in [5.74, 6) is 0.0233. The third-order valence-corrected chi connectivity index (χ3v) is 2.01. The molecule has 1 aliphatic rings. The van der Waals surface area contributed by atoms with Crippen LogP contribution in [0.1, 0.15) is 0 Å². The van der Waals surface area contributed by atoms with E-state index in [4.69, 9.17) is 0 Å². The normalized spacial score (nSPS) is 16.6. The lowest BCUT2D eigenvalue weighted by Gasteiger charge is -2.27. The molecule has 2 rings (SSSR count). The number of hydrogen-bond donors (Lipinski definition) is 2. The number of hydrogen-bond acceptors (Lipinski definition) is 3. The molecule has 0 spiro atoms. The van der Waals surface area contributed by atoms with E-state index in [-0.39, 0.29) is 5.91 Å². The molecule has 0 radical (unpaired) electrons. The van der Waals surface area contributed by atoms with Crippen molar-refractivity contribution in [2.45, 2.75) is 12.6 Å². The molecule has 1 aliphatic heterocycles. The second kappa shape index (κ2) is 3.57. The van der Waals surface area contributed by atoms with Crippen LogP contribution in [0.15, 0.2) is 18.5 Å². The zero-order valence-electron chi connectivity index (χ0n) is 7.23. The van der Waals surface area contributed by atoms with Crippen molar-refractivity contribution >= 4 is 5.91 Å². The second-order valence-electron chi connectivity index (χ2n) is 3.13. The summed E-state index contributed by atoms with van der Waals surface area (Å²) >= 11 is 0. The minimum atomic E-state index is 0.0233. The lowest BCUT2D eigenvalue weighted by Crippen LogP contribution is -2.57. The van der Waals surface area contributed by atoms with Gasteiger partial charge in [0.25, 0.3) is 0 Å². The summed E-state index contributed by atoms with van der Waals surface area (Å²) in [5, 5.41) is 9.93. The lowest BCUT2D eigenvalue weighted by atomic mass is 10.2. The monoisotopic (exact) mass is 180 g/mol. The predicted molar refractivity (Wildman–Crippen MR) is 47.0 cm³/mol. The summed E-state index contributed by atoms with van der Waals surface area (Å²) < 4.78 is 1.61. The molecule has 13 heavy (non-hydrogen) atoms. The maximum atomic E-state index is 11.3. The first-order chi connectivity index (χ1) is 6.34.